The zero-order valence-corrected chi connectivity index (χ0v) is 7.63. The highest BCUT2D eigenvalue weighted by Gasteiger charge is 2.23. The van der Waals surface area contributed by atoms with Gasteiger partial charge in [0.1, 0.15) is 0 Å². The first-order valence-corrected chi connectivity index (χ1v) is 4.19. The molecule has 11 heavy (non-hydrogen) atoms. The minimum atomic E-state index is 0.327. The van der Waals surface area contributed by atoms with Crippen LogP contribution in [0.15, 0.2) is 0 Å². The van der Waals surface area contributed by atoms with E-state index >= 15 is 0 Å². The van der Waals surface area contributed by atoms with Crippen LogP contribution in [0.3, 0.4) is 0 Å². The predicted octanol–water partition coefficient (Wildman–Crippen LogP) is -0.0751. The van der Waals surface area contributed by atoms with Crippen LogP contribution in [0.2, 0.25) is 0 Å². The van der Waals surface area contributed by atoms with Gasteiger partial charge in [0.2, 0.25) is 0 Å². The molecule has 66 valence electrons. The van der Waals surface area contributed by atoms with E-state index in [0.717, 1.165) is 19.6 Å². The first kappa shape index (κ1) is 8.97. The zero-order valence-electron chi connectivity index (χ0n) is 7.63. The Balaban J connectivity index is 2.40. The Morgan fingerprint density at radius 3 is 2.91 bits per heavy atom. The summed E-state index contributed by atoms with van der Waals surface area (Å²) in [6.07, 6.45) is 0.327. The normalized spacial score (nSPS) is 30.3. The molecule has 0 bridgehead atoms. The van der Waals surface area contributed by atoms with Gasteiger partial charge in [0.15, 0.2) is 0 Å². The number of ether oxygens (including phenoxy) is 1. The average molecular weight is 158 g/mol. The second-order valence-electron chi connectivity index (χ2n) is 3.19. The molecule has 2 atom stereocenters. The molecular weight excluding hydrogens is 140 g/mol. The molecule has 0 saturated carbocycles. The van der Waals surface area contributed by atoms with E-state index in [-0.39, 0.29) is 0 Å². The fraction of sp³-hybridized carbons (Fsp3) is 1.00. The summed E-state index contributed by atoms with van der Waals surface area (Å²) in [6.45, 7) is 5.39. The second kappa shape index (κ2) is 4.04. The van der Waals surface area contributed by atoms with Crippen LogP contribution in [0.25, 0.3) is 0 Å². The number of nitrogens with zero attached hydrogens (tertiary/aromatic N) is 1. The van der Waals surface area contributed by atoms with Gasteiger partial charge in [-0.05, 0) is 14.0 Å². The lowest BCUT2D eigenvalue weighted by molar-refractivity contribution is 0.0260. The smallest absolute Gasteiger partial charge is 0.0710 e. The molecule has 1 fully saturated rings. The van der Waals surface area contributed by atoms with E-state index in [2.05, 4.69) is 24.2 Å². The lowest BCUT2D eigenvalue weighted by Gasteiger charge is -2.36. The van der Waals surface area contributed by atoms with Gasteiger partial charge in [-0.1, -0.05) is 0 Å². The van der Waals surface area contributed by atoms with E-state index in [1.54, 1.807) is 7.11 Å². The fourth-order valence-electron chi connectivity index (χ4n) is 1.51. The van der Waals surface area contributed by atoms with Crippen LogP contribution in [-0.4, -0.2) is 50.8 Å². The SMILES string of the molecule is COC(C)C1CNCCN1C. The van der Waals surface area contributed by atoms with E-state index in [1.807, 2.05) is 0 Å². The number of piperazine rings is 1. The van der Waals surface area contributed by atoms with Crippen molar-refractivity contribution in [1.29, 1.82) is 0 Å². The first-order valence-electron chi connectivity index (χ1n) is 4.19. The van der Waals surface area contributed by atoms with Crippen LogP contribution in [0.4, 0.5) is 0 Å². The van der Waals surface area contributed by atoms with Crippen LogP contribution < -0.4 is 5.32 Å². The second-order valence-corrected chi connectivity index (χ2v) is 3.19. The Morgan fingerprint density at radius 2 is 2.36 bits per heavy atom. The van der Waals surface area contributed by atoms with Crippen molar-refractivity contribution in [2.24, 2.45) is 0 Å². The van der Waals surface area contributed by atoms with Crippen LogP contribution in [0.1, 0.15) is 6.92 Å². The number of hydrogen-bond acceptors (Lipinski definition) is 3. The molecule has 0 aromatic heterocycles. The van der Waals surface area contributed by atoms with E-state index in [9.17, 15) is 0 Å². The molecule has 1 heterocycles. The topological polar surface area (TPSA) is 24.5 Å². The van der Waals surface area contributed by atoms with E-state index in [1.165, 1.54) is 0 Å². The first-order chi connectivity index (χ1) is 5.25. The van der Waals surface area contributed by atoms with Crippen LogP contribution >= 0.6 is 0 Å². The molecule has 3 heteroatoms. The van der Waals surface area contributed by atoms with Crippen molar-refractivity contribution in [3.8, 4) is 0 Å². The van der Waals surface area contributed by atoms with Crippen LogP contribution in [0.5, 0.6) is 0 Å². The maximum Gasteiger partial charge on any atom is 0.0710 e. The molecule has 0 aliphatic carbocycles. The molecule has 1 N–H and O–H groups in total. The third-order valence-electron chi connectivity index (χ3n) is 2.47. The lowest BCUT2D eigenvalue weighted by Crippen LogP contribution is -2.54. The van der Waals surface area contributed by atoms with Gasteiger partial charge in [0.25, 0.3) is 0 Å². The summed E-state index contributed by atoms with van der Waals surface area (Å²) in [6, 6.07) is 0.536. The van der Waals surface area contributed by atoms with Gasteiger partial charge in [-0.15, -0.1) is 0 Å². The quantitative estimate of drug-likeness (QED) is 0.608. The number of likely N-dealkylation sites (N-methyl/N-ethyl adjacent to an activating group) is 1. The highest BCUT2D eigenvalue weighted by atomic mass is 16.5. The Kier molecular flexibility index (Phi) is 3.30. The molecule has 0 spiro atoms. The largest absolute Gasteiger partial charge is 0.380 e. The molecule has 1 rings (SSSR count). The molecule has 0 aromatic rings. The number of methoxy groups -OCH3 is 1. The minimum Gasteiger partial charge on any atom is -0.380 e. The van der Waals surface area contributed by atoms with Crippen LogP contribution in [-0.2, 0) is 4.74 Å². The molecule has 0 radical (unpaired) electrons. The monoisotopic (exact) mass is 158 g/mol. The number of hydrogen-bond donors (Lipinski definition) is 1. The number of rotatable bonds is 2. The molecular formula is C8H18N2O. The molecule has 1 aliphatic rings. The highest BCUT2D eigenvalue weighted by Crippen LogP contribution is 2.06. The van der Waals surface area contributed by atoms with Crippen molar-refractivity contribution in [2.75, 3.05) is 33.8 Å². The van der Waals surface area contributed by atoms with Gasteiger partial charge in [-0.3, -0.25) is 4.90 Å². The summed E-state index contributed by atoms with van der Waals surface area (Å²) >= 11 is 0. The minimum absolute atomic E-state index is 0.327. The fourth-order valence-corrected chi connectivity index (χ4v) is 1.51. The van der Waals surface area contributed by atoms with E-state index in [0.29, 0.717) is 12.1 Å². The maximum absolute atomic E-state index is 5.28. The Labute approximate surface area is 68.7 Å². The van der Waals surface area contributed by atoms with Gasteiger partial charge in [-0.2, -0.15) is 0 Å². The predicted molar refractivity (Wildman–Crippen MR) is 45.8 cm³/mol. The van der Waals surface area contributed by atoms with Gasteiger partial charge in [0, 0.05) is 32.8 Å². The van der Waals surface area contributed by atoms with Crippen molar-refractivity contribution in [3.05, 3.63) is 0 Å². The molecule has 3 nitrogen and oxygen atoms in total. The third-order valence-corrected chi connectivity index (χ3v) is 2.47. The molecule has 2 unspecified atom stereocenters. The average Bonchev–Trinajstić information content (AvgIpc) is 2.04. The van der Waals surface area contributed by atoms with Crippen LogP contribution in [0, 0.1) is 0 Å². The summed E-state index contributed by atoms with van der Waals surface area (Å²) < 4.78 is 5.28. The number of nitrogens with one attached hydrogen (secondary N) is 1. The Morgan fingerprint density at radius 1 is 1.64 bits per heavy atom. The standard InChI is InChI=1S/C8H18N2O/c1-7(11-3)8-6-9-4-5-10(8)2/h7-9H,4-6H2,1-3H3. The van der Waals surface area contributed by atoms with Gasteiger partial charge >= 0.3 is 0 Å². The van der Waals surface area contributed by atoms with Crippen molar-refractivity contribution < 1.29 is 4.74 Å². The van der Waals surface area contributed by atoms with Gasteiger partial charge < -0.3 is 10.1 Å². The van der Waals surface area contributed by atoms with Crippen molar-refractivity contribution in [3.63, 3.8) is 0 Å². The molecule has 1 aliphatic heterocycles. The van der Waals surface area contributed by atoms with E-state index in [4.69, 9.17) is 4.74 Å². The third kappa shape index (κ3) is 2.15. The summed E-state index contributed by atoms with van der Waals surface area (Å²) in [5.41, 5.74) is 0. The molecule has 0 aromatic carbocycles. The van der Waals surface area contributed by atoms with Crippen molar-refractivity contribution >= 4 is 0 Å². The summed E-state index contributed by atoms with van der Waals surface area (Å²) in [5.74, 6) is 0. The summed E-state index contributed by atoms with van der Waals surface area (Å²) in [4.78, 5) is 2.35. The molecule has 1 saturated heterocycles. The molecule has 0 amide bonds. The van der Waals surface area contributed by atoms with Gasteiger partial charge in [-0.25, -0.2) is 0 Å². The highest BCUT2D eigenvalue weighted by molar-refractivity contribution is 4.81. The Bertz CT molecular complexity index is 115. The Hall–Kier alpha value is -0.120. The maximum atomic E-state index is 5.28. The van der Waals surface area contributed by atoms with E-state index < -0.39 is 0 Å². The lowest BCUT2D eigenvalue weighted by atomic mass is 10.1. The van der Waals surface area contributed by atoms with Gasteiger partial charge in [0.05, 0.1) is 6.10 Å². The zero-order chi connectivity index (χ0) is 8.27. The van der Waals surface area contributed by atoms with Crippen molar-refractivity contribution in [2.45, 2.75) is 19.1 Å². The van der Waals surface area contributed by atoms with Crippen molar-refractivity contribution in [1.82, 2.24) is 10.2 Å². The summed E-state index contributed by atoms with van der Waals surface area (Å²) in [7, 11) is 3.92. The summed E-state index contributed by atoms with van der Waals surface area (Å²) in [5, 5.41) is 3.36.